The number of nitrogens with zero attached hydrogens (tertiary/aromatic N) is 1. The number of carbonyl (C=O) groups is 1. The number of hydrogen-bond acceptors (Lipinski definition) is 3. The fraction of sp³-hybridized carbons (Fsp3) is 0.273. The number of allylic oxidation sites excluding steroid dienone is 1. The van der Waals surface area contributed by atoms with Crippen molar-refractivity contribution in [1.82, 2.24) is 4.98 Å². The highest BCUT2D eigenvalue weighted by atomic mass is 79.9. The van der Waals surface area contributed by atoms with Crippen molar-refractivity contribution in [3.05, 3.63) is 35.0 Å². The van der Waals surface area contributed by atoms with Gasteiger partial charge >= 0.3 is 5.97 Å². The van der Waals surface area contributed by atoms with E-state index >= 15 is 0 Å². The van der Waals surface area contributed by atoms with Gasteiger partial charge in [0.1, 0.15) is 5.56 Å². The van der Waals surface area contributed by atoms with Crippen LogP contribution in [-0.4, -0.2) is 22.7 Å². The third-order valence-electron chi connectivity index (χ3n) is 1.84. The van der Waals surface area contributed by atoms with Crippen molar-refractivity contribution in [2.24, 2.45) is 0 Å². The molecule has 0 amide bonds. The van der Waals surface area contributed by atoms with Crippen molar-refractivity contribution < 1.29 is 14.6 Å². The lowest BCUT2D eigenvalue weighted by atomic mass is 10.3. The van der Waals surface area contributed by atoms with Crippen molar-refractivity contribution in [3.8, 4) is 5.88 Å². The molecule has 5 heteroatoms. The third-order valence-corrected chi connectivity index (χ3v) is 2.27. The second-order valence-corrected chi connectivity index (χ2v) is 4.01. The van der Waals surface area contributed by atoms with Crippen LogP contribution in [0.4, 0.5) is 0 Å². The molecule has 1 aromatic rings. The molecule has 0 spiro atoms. The molecule has 0 saturated carbocycles. The van der Waals surface area contributed by atoms with E-state index in [0.29, 0.717) is 11.1 Å². The Morgan fingerprint density at radius 1 is 1.69 bits per heavy atom. The summed E-state index contributed by atoms with van der Waals surface area (Å²) in [6, 6.07) is 1.47. The number of halogens is 1. The minimum atomic E-state index is -1.05. The molecule has 0 saturated heterocycles. The zero-order valence-electron chi connectivity index (χ0n) is 8.65. The monoisotopic (exact) mass is 285 g/mol. The summed E-state index contributed by atoms with van der Waals surface area (Å²) in [5, 5.41) is 8.94. The molecule has 0 atom stereocenters. The van der Waals surface area contributed by atoms with Crippen LogP contribution in [0.25, 0.3) is 0 Å². The summed E-state index contributed by atoms with van der Waals surface area (Å²) in [5.74, 6) is -0.896. The first-order valence-corrected chi connectivity index (χ1v) is 5.57. The molecule has 1 heterocycles. The molecule has 1 rings (SSSR count). The molecule has 16 heavy (non-hydrogen) atoms. The molecule has 1 aromatic heterocycles. The zero-order chi connectivity index (χ0) is 12.0. The molecular weight excluding hydrogens is 274 g/mol. The van der Waals surface area contributed by atoms with Crippen molar-refractivity contribution in [2.45, 2.75) is 12.8 Å². The molecule has 0 radical (unpaired) electrons. The van der Waals surface area contributed by atoms with Crippen LogP contribution in [0, 0.1) is 0 Å². The van der Waals surface area contributed by atoms with E-state index in [0.717, 1.165) is 12.8 Å². The van der Waals surface area contributed by atoms with E-state index in [4.69, 9.17) is 9.84 Å². The number of carboxylic acids is 1. The summed E-state index contributed by atoms with van der Waals surface area (Å²) in [6.07, 6.45) is 4.92. The van der Waals surface area contributed by atoms with Gasteiger partial charge in [-0.25, -0.2) is 9.78 Å². The number of ether oxygens (including phenoxy) is 1. The Balaban J connectivity index is 2.71. The van der Waals surface area contributed by atoms with Crippen LogP contribution in [0.1, 0.15) is 23.2 Å². The molecule has 0 aromatic carbocycles. The average molecular weight is 286 g/mol. The van der Waals surface area contributed by atoms with Gasteiger partial charge in [0.15, 0.2) is 0 Å². The first-order chi connectivity index (χ1) is 7.65. The van der Waals surface area contributed by atoms with Crippen LogP contribution in [0.15, 0.2) is 29.4 Å². The highest BCUT2D eigenvalue weighted by Gasteiger charge is 2.13. The highest BCUT2D eigenvalue weighted by Crippen LogP contribution is 2.20. The predicted octanol–water partition coefficient (Wildman–Crippen LogP) is 2.89. The Morgan fingerprint density at radius 2 is 2.44 bits per heavy atom. The summed E-state index contributed by atoms with van der Waals surface area (Å²) in [4.78, 5) is 14.8. The van der Waals surface area contributed by atoms with E-state index in [1.54, 1.807) is 6.08 Å². The minimum Gasteiger partial charge on any atom is -0.477 e. The normalized spacial score (nSPS) is 9.81. The molecular formula is C11H12BrNO3. The Hall–Kier alpha value is -1.36. The Kier molecular flexibility index (Phi) is 4.98. The minimum absolute atomic E-state index is 0.0629. The fourth-order valence-corrected chi connectivity index (χ4v) is 1.42. The molecule has 0 aliphatic rings. The van der Waals surface area contributed by atoms with Crippen LogP contribution < -0.4 is 4.74 Å². The van der Waals surface area contributed by atoms with Gasteiger partial charge in [-0.1, -0.05) is 6.08 Å². The molecule has 0 aliphatic carbocycles. The second-order valence-electron chi connectivity index (χ2n) is 3.09. The van der Waals surface area contributed by atoms with Crippen LogP contribution in [0.3, 0.4) is 0 Å². The topological polar surface area (TPSA) is 59.4 Å². The summed E-state index contributed by atoms with van der Waals surface area (Å²) in [6.45, 7) is 4.02. The van der Waals surface area contributed by atoms with Crippen LogP contribution >= 0.6 is 15.9 Å². The van der Waals surface area contributed by atoms with E-state index in [1.807, 2.05) is 0 Å². The standard InChI is InChI=1S/C11H12BrNO3/c1-2-3-4-5-16-10-9(11(14)15)6-8(12)7-13-10/h2,6-7H,1,3-5H2,(H,14,15). The van der Waals surface area contributed by atoms with Crippen LogP contribution in [0.5, 0.6) is 5.88 Å². The number of unbranched alkanes of at least 4 members (excludes halogenated alkanes) is 1. The number of hydrogen-bond donors (Lipinski definition) is 1. The molecule has 0 bridgehead atoms. The smallest absolute Gasteiger partial charge is 0.341 e. The molecule has 4 nitrogen and oxygen atoms in total. The number of rotatable bonds is 6. The lowest BCUT2D eigenvalue weighted by Crippen LogP contribution is -2.06. The first kappa shape index (κ1) is 12.7. The molecule has 0 fully saturated rings. The summed E-state index contributed by atoms with van der Waals surface area (Å²) in [7, 11) is 0. The van der Waals surface area contributed by atoms with E-state index in [2.05, 4.69) is 27.5 Å². The maximum Gasteiger partial charge on any atom is 0.341 e. The Bertz CT molecular complexity index is 393. The number of aromatic carboxylic acids is 1. The summed E-state index contributed by atoms with van der Waals surface area (Å²) >= 11 is 3.16. The average Bonchev–Trinajstić information content (AvgIpc) is 2.26. The molecule has 1 N–H and O–H groups in total. The summed E-state index contributed by atoms with van der Waals surface area (Å²) in [5.41, 5.74) is 0.0629. The molecule has 0 aliphatic heterocycles. The largest absolute Gasteiger partial charge is 0.477 e. The zero-order valence-corrected chi connectivity index (χ0v) is 10.2. The van der Waals surface area contributed by atoms with Gasteiger partial charge in [0.2, 0.25) is 5.88 Å². The van der Waals surface area contributed by atoms with E-state index in [1.165, 1.54) is 12.3 Å². The first-order valence-electron chi connectivity index (χ1n) is 4.77. The van der Waals surface area contributed by atoms with Crippen molar-refractivity contribution in [1.29, 1.82) is 0 Å². The third kappa shape index (κ3) is 3.66. The Labute approximate surface area is 102 Å². The molecule has 0 unspecified atom stereocenters. The van der Waals surface area contributed by atoms with Gasteiger partial charge in [0, 0.05) is 10.7 Å². The van der Waals surface area contributed by atoms with E-state index in [9.17, 15) is 4.79 Å². The fourth-order valence-electron chi connectivity index (χ4n) is 1.09. The highest BCUT2D eigenvalue weighted by molar-refractivity contribution is 9.10. The SMILES string of the molecule is C=CCCCOc1ncc(Br)cc1C(=O)O. The van der Waals surface area contributed by atoms with Gasteiger partial charge in [-0.05, 0) is 34.8 Å². The quantitative estimate of drug-likeness (QED) is 0.645. The van der Waals surface area contributed by atoms with Gasteiger partial charge in [0.25, 0.3) is 0 Å². The summed E-state index contributed by atoms with van der Waals surface area (Å²) < 4.78 is 5.91. The van der Waals surface area contributed by atoms with Crippen molar-refractivity contribution >= 4 is 21.9 Å². The van der Waals surface area contributed by atoms with Gasteiger partial charge in [-0.15, -0.1) is 6.58 Å². The van der Waals surface area contributed by atoms with Crippen LogP contribution in [0.2, 0.25) is 0 Å². The van der Waals surface area contributed by atoms with Gasteiger partial charge in [-0.2, -0.15) is 0 Å². The maximum absolute atomic E-state index is 10.9. The lowest BCUT2D eigenvalue weighted by molar-refractivity contribution is 0.0691. The number of pyridine rings is 1. The number of aromatic nitrogens is 1. The van der Waals surface area contributed by atoms with Crippen LogP contribution in [-0.2, 0) is 0 Å². The van der Waals surface area contributed by atoms with Gasteiger partial charge in [-0.3, -0.25) is 0 Å². The van der Waals surface area contributed by atoms with Gasteiger partial charge < -0.3 is 9.84 Å². The molecule has 86 valence electrons. The Morgan fingerprint density at radius 3 is 3.06 bits per heavy atom. The lowest BCUT2D eigenvalue weighted by Gasteiger charge is -2.07. The maximum atomic E-state index is 10.9. The van der Waals surface area contributed by atoms with Crippen molar-refractivity contribution in [3.63, 3.8) is 0 Å². The van der Waals surface area contributed by atoms with E-state index in [-0.39, 0.29) is 11.4 Å². The second kappa shape index (κ2) is 6.27. The predicted molar refractivity (Wildman–Crippen MR) is 63.8 cm³/mol. The van der Waals surface area contributed by atoms with E-state index < -0.39 is 5.97 Å². The van der Waals surface area contributed by atoms with Crippen molar-refractivity contribution in [2.75, 3.05) is 6.61 Å². The van der Waals surface area contributed by atoms with Gasteiger partial charge in [0.05, 0.1) is 6.61 Å². The number of carboxylic acid groups (broad SMARTS) is 1.